The molecule has 7 nitrogen and oxygen atoms in total. The van der Waals surface area contributed by atoms with Crippen LogP contribution in [-0.2, 0) is 14.3 Å². The number of H-pyrrole nitrogens is 1. The summed E-state index contributed by atoms with van der Waals surface area (Å²) in [7, 11) is 0. The molecule has 2 heterocycles. The molecule has 0 unspecified atom stereocenters. The summed E-state index contributed by atoms with van der Waals surface area (Å²) in [5.74, 6) is -1.81. The maximum absolute atomic E-state index is 13.2. The molecule has 0 spiro atoms. The molecule has 1 saturated heterocycles. The quantitative estimate of drug-likeness (QED) is 0.475. The number of nitrogens with zero attached hydrogens (tertiary/aromatic N) is 1. The van der Waals surface area contributed by atoms with Crippen molar-refractivity contribution in [3.05, 3.63) is 47.3 Å². The number of nitrogens with one attached hydrogen (secondary N) is 1. The number of benzene rings is 1. The highest BCUT2D eigenvalue weighted by Gasteiger charge is 2.34. The number of hydrogen-bond donors (Lipinski definition) is 1. The number of ketones is 1. The van der Waals surface area contributed by atoms with Gasteiger partial charge in [0.1, 0.15) is 5.69 Å². The Morgan fingerprint density at radius 2 is 1.76 bits per heavy atom. The molecule has 1 fully saturated rings. The molecule has 2 atom stereocenters. The van der Waals surface area contributed by atoms with Gasteiger partial charge in [-0.3, -0.25) is 9.59 Å². The second-order valence-corrected chi connectivity index (χ2v) is 7.26. The third-order valence-electron chi connectivity index (χ3n) is 4.86. The van der Waals surface area contributed by atoms with E-state index in [2.05, 4.69) is 4.98 Å². The second-order valence-electron chi connectivity index (χ2n) is 7.26. The third kappa shape index (κ3) is 4.24. The molecule has 7 heteroatoms. The van der Waals surface area contributed by atoms with Crippen LogP contribution < -0.4 is 0 Å². The van der Waals surface area contributed by atoms with Crippen molar-refractivity contribution in [3.8, 4) is 11.1 Å². The minimum atomic E-state index is -0.677. The molecule has 154 valence electrons. The van der Waals surface area contributed by atoms with E-state index in [-0.39, 0.29) is 30.1 Å². The smallest absolute Gasteiger partial charge is 0.340 e. The fraction of sp³-hybridized carbons (Fsp3) is 0.409. The molecule has 0 saturated carbocycles. The number of carbonyl (C=O) groups is 3. The van der Waals surface area contributed by atoms with Gasteiger partial charge >= 0.3 is 5.97 Å². The lowest BCUT2D eigenvalue weighted by Crippen LogP contribution is -2.50. The molecule has 29 heavy (non-hydrogen) atoms. The number of aromatic amines is 1. The highest BCUT2D eigenvalue weighted by Crippen LogP contribution is 2.32. The largest absolute Gasteiger partial charge is 0.462 e. The summed E-state index contributed by atoms with van der Waals surface area (Å²) >= 11 is 0. The molecule has 1 amide bonds. The van der Waals surface area contributed by atoms with Gasteiger partial charge in [-0.25, -0.2) is 4.79 Å². The van der Waals surface area contributed by atoms with Crippen LogP contribution in [0.4, 0.5) is 0 Å². The lowest BCUT2D eigenvalue weighted by atomic mass is 9.98. The lowest BCUT2D eigenvalue weighted by Gasteiger charge is -2.34. The van der Waals surface area contributed by atoms with Crippen molar-refractivity contribution in [1.29, 1.82) is 0 Å². The van der Waals surface area contributed by atoms with Crippen LogP contribution >= 0.6 is 0 Å². The van der Waals surface area contributed by atoms with E-state index in [1.807, 2.05) is 32.0 Å². The first-order chi connectivity index (χ1) is 13.8. The molecule has 1 aliphatic rings. The maximum atomic E-state index is 13.2. The number of esters is 1. The van der Waals surface area contributed by atoms with Crippen LogP contribution in [0.1, 0.15) is 47.3 Å². The fourth-order valence-corrected chi connectivity index (χ4v) is 3.74. The summed E-state index contributed by atoms with van der Waals surface area (Å²) in [6, 6.07) is 9.06. The zero-order valence-electron chi connectivity index (χ0n) is 17.2. The summed E-state index contributed by atoms with van der Waals surface area (Å²) in [6.45, 7) is 8.06. The third-order valence-corrected chi connectivity index (χ3v) is 4.86. The van der Waals surface area contributed by atoms with E-state index in [0.29, 0.717) is 29.9 Å². The number of ether oxygens (including phenoxy) is 2. The predicted molar refractivity (Wildman–Crippen MR) is 108 cm³/mol. The summed E-state index contributed by atoms with van der Waals surface area (Å²) in [5.41, 5.74) is 1.93. The summed E-state index contributed by atoms with van der Waals surface area (Å²) < 4.78 is 10.8. The SMILES string of the molecule is CCOC(=O)c1c(C)[nH]c(C(=O)C(=O)N2C[C@@H](C)O[C@@H](C)C2)c1-c1ccccc1. The highest BCUT2D eigenvalue weighted by atomic mass is 16.5. The Kier molecular flexibility index (Phi) is 6.17. The highest BCUT2D eigenvalue weighted by molar-refractivity contribution is 6.43. The Bertz CT molecular complexity index is 909. The van der Waals surface area contributed by atoms with Crippen molar-refractivity contribution in [2.75, 3.05) is 19.7 Å². The molecule has 1 aromatic carbocycles. The molecule has 0 radical (unpaired) electrons. The number of rotatable bonds is 5. The van der Waals surface area contributed by atoms with Crippen LogP contribution in [0.2, 0.25) is 0 Å². The monoisotopic (exact) mass is 398 g/mol. The second kappa shape index (κ2) is 8.61. The first-order valence-electron chi connectivity index (χ1n) is 9.77. The van der Waals surface area contributed by atoms with Gasteiger partial charge in [-0.05, 0) is 33.3 Å². The Labute approximate surface area is 170 Å². The number of aryl methyl sites for hydroxylation is 1. The van der Waals surface area contributed by atoms with E-state index < -0.39 is 17.7 Å². The Morgan fingerprint density at radius 1 is 1.14 bits per heavy atom. The minimum absolute atomic E-state index is 0.105. The van der Waals surface area contributed by atoms with Crippen molar-refractivity contribution >= 4 is 17.7 Å². The standard InChI is InChI=1S/C22H26N2O5/c1-5-28-22(27)17-15(4)23-19(18(17)16-9-7-6-8-10-16)20(25)21(26)24-11-13(2)29-14(3)12-24/h6-10,13-14,23H,5,11-12H2,1-4H3/t13-,14+. The van der Waals surface area contributed by atoms with Crippen molar-refractivity contribution < 1.29 is 23.9 Å². The van der Waals surface area contributed by atoms with Crippen LogP contribution in [0, 0.1) is 6.92 Å². The van der Waals surface area contributed by atoms with E-state index in [1.165, 1.54) is 4.90 Å². The van der Waals surface area contributed by atoms with Crippen molar-refractivity contribution in [3.63, 3.8) is 0 Å². The first-order valence-corrected chi connectivity index (χ1v) is 9.77. The van der Waals surface area contributed by atoms with Gasteiger partial charge in [-0.15, -0.1) is 0 Å². The van der Waals surface area contributed by atoms with Gasteiger partial charge in [0.05, 0.1) is 24.4 Å². The molecular weight excluding hydrogens is 372 g/mol. The van der Waals surface area contributed by atoms with E-state index in [1.54, 1.807) is 26.0 Å². The normalized spacial score (nSPS) is 19.1. The summed E-state index contributed by atoms with van der Waals surface area (Å²) in [4.78, 5) is 43.2. The van der Waals surface area contributed by atoms with Gasteiger partial charge in [0.2, 0.25) is 0 Å². The fourth-order valence-electron chi connectivity index (χ4n) is 3.74. The van der Waals surface area contributed by atoms with Gasteiger partial charge in [0.25, 0.3) is 11.7 Å². The number of hydrogen-bond acceptors (Lipinski definition) is 5. The van der Waals surface area contributed by atoms with E-state index in [4.69, 9.17) is 9.47 Å². The molecule has 1 N–H and O–H groups in total. The molecule has 2 aromatic rings. The van der Waals surface area contributed by atoms with Gasteiger partial charge in [0.15, 0.2) is 0 Å². The van der Waals surface area contributed by atoms with Crippen LogP contribution in [0.3, 0.4) is 0 Å². The summed E-state index contributed by atoms with van der Waals surface area (Å²) in [6.07, 6.45) is -0.297. The van der Waals surface area contributed by atoms with Crippen molar-refractivity contribution in [2.24, 2.45) is 0 Å². The number of aromatic nitrogens is 1. The lowest BCUT2D eigenvalue weighted by molar-refractivity contribution is -0.138. The van der Waals surface area contributed by atoms with Gasteiger partial charge in [-0.1, -0.05) is 30.3 Å². The topological polar surface area (TPSA) is 88.7 Å². The maximum Gasteiger partial charge on any atom is 0.340 e. The van der Waals surface area contributed by atoms with Crippen molar-refractivity contribution in [1.82, 2.24) is 9.88 Å². The Hall–Kier alpha value is -2.93. The van der Waals surface area contributed by atoms with Crippen LogP contribution in [0.15, 0.2) is 30.3 Å². The number of morpholine rings is 1. The van der Waals surface area contributed by atoms with E-state index >= 15 is 0 Å². The predicted octanol–water partition coefficient (Wildman–Crippen LogP) is 2.99. The average Bonchev–Trinajstić information content (AvgIpc) is 3.04. The van der Waals surface area contributed by atoms with Gasteiger partial charge in [-0.2, -0.15) is 0 Å². The van der Waals surface area contributed by atoms with Crippen LogP contribution in [0.25, 0.3) is 11.1 Å². The molecule has 1 aliphatic heterocycles. The van der Waals surface area contributed by atoms with Crippen molar-refractivity contribution in [2.45, 2.75) is 39.9 Å². The molecule has 3 rings (SSSR count). The Morgan fingerprint density at radius 3 is 2.34 bits per heavy atom. The number of amides is 1. The van der Waals surface area contributed by atoms with Gasteiger partial charge in [0, 0.05) is 24.3 Å². The zero-order valence-corrected chi connectivity index (χ0v) is 17.2. The van der Waals surface area contributed by atoms with Crippen LogP contribution in [-0.4, -0.2) is 59.4 Å². The van der Waals surface area contributed by atoms with E-state index in [0.717, 1.165) is 0 Å². The molecular formula is C22H26N2O5. The Balaban J connectivity index is 2.04. The van der Waals surface area contributed by atoms with E-state index in [9.17, 15) is 14.4 Å². The minimum Gasteiger partial charge on any atom is -0.462 e. The average molecular weight is 398 g/mol. The van der Waals surface area contributed by atoms with Crippen LogP contribution in [0.5, 0.6) is 0 Å². The van der Waals surface area contributed by atoms with Gasteiger partial charge < -0.3 is 19.4 Å². The number of Topliss-reactive ketones (excluding diaryl/α,β-unsaturated/α-hetero) is 1. The summed E-state index contributed by atoms with van der Waals surface area (Å²) in [5, 5.41) is 0. The zero-order chi connectivity index (χ0) is 21.1. The molecule has 1 aromatic heterocycles. The molecule has 0 bridgehead atoms. The first kappa shape index (κ1) is 20.8. The number of carbonyl (C=O) groups excluding carboxylic acids is 3. The molecule has 0 aliphatic carbocycles.